The minimum atomic E-state index is -0.584. The third kappa shape index (κ3) is 4.57. The van der Waals surface area contributed by atoms with Gasteiger partial charge in [-0.05, 0) is 35.4 Å². The molecule has 0 bridgehead atoms. The van der Waals surface area contributed by atoms with Crippen LogP contribution in [0.4, 0.5) is 11.4 Å². The molecule has 2 heterocycles. The van der Waals surface area contributed by atoms with Crippen LogP contribution in [0.15, 0.2) is 108 Å². The number of carbonyl (C=O) groups is 2. The Bertz CT molecular complexity index is 1570. The maximum atomic E-state index is 13.8. The van der Waals surface area contributed by atoms with Crippen LogP contribution in [0.3, 0.4) is 0 Å². The molecular weight excluding hydrogens is 480 g/mol. The quantitative estimate of drug-likeness (QED) is 0.286. The number of hydrogen-bond acceptors (Lipinski definition) is 5. The number of carbonyl (C=O) groups excluding carboxylic acids is 2. The van der Waals surface area contributed by atoms with Gasteiger partial charge in [0, 0.05) is 17.1 Å². The largest absolute Gasteiger partial charge is 0.486 e. The van der Waals surface area contributed by atoms with E-state index in [4.69, 9.17) is 13.9 Å². The summed E-state index contributed by atoms with van der Waals surface area (Å²) in [6, 6.07) is 31.5. The molecule has 1 aromatic heterocycles. The van der Waals surface area contributed by atoms with Crippen molar-refractivity contribution in [1.29, 1.82) is 0 Å². The molecule has 1 aliphatic heterocycles. The van der Waals surface area contributed by atoms with Crippen molar-refractivity contribution in [3.63, 3.8) is 0 Å². The predicted molar refractivity (Wildman–Crippen MR) is 145 cm³/mol. The Morgan fingerprint density at radius 3 is 2.03 bits per heavy atom. The van der Waals surface area contributed by atoms with Crippen LogP contribution in [-0.2, 0) is 4.79 Å². The molecule has 6 rings (SSSR count). The molecule has 4 aromatic carbocycles. The number of para-hydroxylation sites is 1. The monoisotopic (exact) mass is 504 g/mol. The Balaban J connectivity index is 1.35. The van der Waals surface area contributed by atoms with Gasteiger partial charge in [0.1, 0.15) is 24.5 Å². The standard InChI is InChI=1S/C31H24N2O5/c34-30(27(20-9-3-1-4-10-20)21-11-5-2-6-12-21)33-28-23-13-7-8-14-24(23)38-29(28)31(35)32-22-15-16-25-26(19-22)37-18-17-36-25/h1-16,19,27H,17-18H2,(H,32,35)(H,33,34). The number of fused-ring (bicyclic) bond motifs is 2. The highest BCUT2D eigenvalue weighted by atomic mass is 16.6. The van der Waals surface area contributed by atoms with Crippen LogP contribution in [0.5, 0.6) is 11.5 Å². The zero-order valence-corrected chi connectivity index (χ0v) is 20.3. The third-order valence-electron chi connectivity index (χ3n) is 6.38. The van der Waals surface area contributed by atoms with Gasteiger partial charge in [0.15, 0.2) is 11.5 Å². The molecule has 1 aliphatic rings. The zero-order valence-electron chi connectivity index (χ0n) is 20.3. The van der Waals surface area contributed by atoms with Crippen molar-refractivity contribution in [3.05, 3.63) is 120 Å². The minimum absolute atomic E-state index is 0.00862. The predicted octanol–water partition coefficient (Wildman–Crippen LogP) is 6.23. The summed E-state index contributed by atoms with van der Waals surface area (Å²) in [7, 11) is 0. The fourth-order valence-corrected chi connectivity index (χ4v) is 4.62. The van der Waals surface area contributed by atoms with E-state index >= 15 is 0 Å². The molecule has 2 N–H and O–H groups in total. The van der Waals surface area contributed by atoms with Gasteiger partial charge in [-0.1, -0.05) is 72.8 Å². The smallest absolute Gasteiger partial charge is 0.293 e. The second-order valence-electron chi connectivity index (χ2n) is 8.86. The SMILES string of the molecule is O=C(Nc1ccc2c(c1)OCCO2)c1oc2ccccc2c1NC(=O)C(c1ccccc1)c1ccccc1. The van der Waals surface area contributed by atoms with E-state index in [1.54, 1.807) is 24.3 Å². The second-order valence-corrected chi connectivity index (χ2v) is 8.86. The number of nitrogens with one attached hydrogen (secondary N) is 2. The lowest BCUT2D eigenvalue weighted by Crippen LogP contribution is -2.24. The summed E-state index contributed by atoms with van der Waals surface area (Å²) in [4.78, 5) is 27.3. The van der Waals surface area contributed by atoms with Gasteiger partial charge < -0.3 is 24.5 Å². The first-order valence-corrected chi connectivity index (χ1v) is 12.3. The van der Waals surface area contributed by atoms with E-state index in [9.17, 15) is 9.59 Å². The number of amides is 2. The van der Waals surface area contributed by atoms with Gasteiger partial charge in [-0.15, -0.1) is 0 Å². The molecule has 0 aliphatic carbocycles. The summed E-state index contributed by atoms with van der Waals surface area (Å²) >= 11 is 0. The molecule has 188 valence electrons. The number of furan rings is 1. The number of benzene rings is 4. The van der Waals surface area contributed by atoms with Crippen LogP contribution in [-0.4, -0.2) is 25.0 Å². The summed E-state index contributed by atoms with van der Waals surface area (Å²) < 4.78 is 17.1. The fraction of sp³-hybridized carbons (Fsp3) is 0.0968. The highest BCUT2D eigenvalue weighted by Gasteiger charge is 2.28. The van der Waals surface area contributed by atoms with E-state index in [1.807, 2.05) is 78.9 Å². The summed E-state index contributed by atoms with van der Waals surface area (Å²) in [6.45, 7) is 0.919. The van der Waals surface area contributed by atoms with Crippen molar-refractivity contribution >= 4 is 34.2 Å². The first kappa shape index (κ1) is 23.4. The van der Waals surface area contributed by atoms with E-state index < -0.39 is 11.8 Å². The van der Waals surface area contributed by atoms with Crippen LogP contribution in [0.1, 0.15) is 27.6 Å². The molecule has 5 aromatic rings. The molecule has 0 atom stereocenters. The molecular formula is C31H24N2O5. The van der Waals surface area contributed by atoms with Gasteiger partial charge in [0.25, 0.3) is 5.91 Å². The first-order valence-electron chi connectivity index (χ1n) is 12.3. The fourth-order valence-electron chi connectivity index (χ4n) is 4.62. The Hall–Kier alpha value is -5.04. The van der Waals surface area contributed by atoms with Crippen molar-refractivity contribution in [2.45, 2.75) is 5.92 Å². The molecule has 0 saturated carbocycles. The maximum Gasteiger partial charge on any atom is 0.293 e. The van der Waals surface area contributed by atoms with Crippen LogP contribution >= 0.6 is 0 Å². The Morgan fingerprint density at radius 1 is 0.684 bits per heavy atom. The van der Waals surface area contributed by atoms with Gasteiger partial charge in [0.05, 0.1) is 5.92 Å². The van der Waals surface area contributed by atoms with Crippen LogP contribution < -0.4 is 20.1 Å². The van der Waals surface area contributed by atoms with Gasteiger partial charge in [-0.25, -0.2) is 0 Å². The first-order chi connectivity index (χ1) is 18.7. The van der Waals surface area contributed by atoms with Crippen molar-refractivity contribution in [2.24, 2.45) is 0 Å². The lowest BCUT2D eigenvalue weighted by atomic mass is 9.90. The van der Waals surface area contributed by atoms with Crippen LogP contribution in [0, 0.1) is 0 Å². The summed E-state index contributed by atoms with van der Waals surface area (Å²) in [6.07, 6.45) is 0. The van der Waals surface area contributed by atoms with Crippen molar-refractivity contribution in [3.8, 4) is 11.5 Å². The molecule has 7 nitrogen and oxygen atoms in total. The number of hydrogen-bond donors (Lipinski definition) is 2. The highest BCUT2D eigenvalue weighted by molar-refractivity contribution is 6.15. The summed E-state index contributed by atoms with van der Waals surface area (Å²) in [5, 5.41) is 6.50. The number of rotatable bonds is 6. The molecule has 0 spiro atoms. The zero-order chi connectivity index (χ0) is 25.9. The van der Waals surface area contributed by atoms with Gasteiger partial charge >= 0.3 is 0 Å². The van der Waals surface area contributed by atoms with Gasteiger partial charge in [-0.3, -0.25) is 9.59 Å². The van der Waals surface area contributed by atoms with Gasteiger partial charge in [-0.2, -0.15) is 0 Å². The number of ether oxygens (including phenoxy) is 2. The molecule has 2 amide bonds. The average Bonchev–Trinajstić information content (AvgIpc) is 3.33. The number of anilines is 2. The summed E-state index contributed by atoms with van der Waals surface area (Å²) in [5.41, 5.74) is 3.00. The molecule has 0 saturated heterocycles. The molecule has 0 fully saturated rings. The average molecular weight is 505 g/mol. The summed E-state index contributed by atoms with van der Waals surface area (Å²) in [5.74, 6) is -0.167. The topological polar surface area (TPSA) is 89.8 Å². The van der Waals surface area contributed by atoms with Crippen molar-refractivity contribution in [2.75, 3.05) is 23.8 Å². The van der Waals surface area contributed by atoms with Crippen molar-refractivity contribution in [1.82, 2.24) is 0 Å². The van der Waals surface area contributed by atoms with E-state index in [2.05, 4.69) is 10.6 Å². The van der Waals surface area contributed by atoms with Gasteiger partial charge in [0.2, 0.25) is 11.7 Å². The third-order valence-corrected chi connectivity index (χ3v) is 6.38. The van der Waals surface area contributed by atoms with Crippen LogP contribution in [0.2, 0.25) is 0 Å². The van der Waals surface area contributed by atoms with E-state index in [0.29, 0.717) is 47.1 Å². The molecule has 38 heavy (non-hydrogen) atoms. The Morgan fingerprint density at radius 2 is 1.32 bits per heavy atom. The highest BCUT2D eigenvalue weighted by Crippen LogP contribution is 2.36. The van der Waals surface area contributed by atoms with E-state index in [1.165, 1.54) is 0 Å². The van der Waals surface area contributed by atoms with Crippen molar-refractivity contribution < 1.29 is 23.5 Å². The molecule has 0 radical (unpaired) electrons. The lowest BCUT2D eigenvalue weighted by molar-refractivity contribution is -0.116. The maximum absolute atomic E-state index is 13.8. The van der Waals surface area contributed by atoms with E-state index in [0.717, 1.165) is 11.1 Å². The van der Waals surface area contributed by atoms with Crippen LogP contribution in [0.25, 0.3) is 11.0 Å². The Labute approximate surface area is 219 Å². The minimum Gasteiger partial charge on any atom is -0.486 e. The molecule has 7 heteroatoms. The Kier molecular flexibility index (Phi) is 6.24. The van der Waals surface area contributed by atoms with E-state index in [-0.39, 0.29) is 11.7 Å². The molecule has 0 unspecified atom stereocenters. The lowest BCUT2D eigenvalue weighted by Gasteiger charge is -2.19. The normalized spacial score (nSPS) is 12.3. The second kappa shape index (κ2) is 10.1.